The van der Waals surface area contributed by atoms with Crippen LogP contribution in [0.2, 0.25) is 0 Å². The summed E-state index contributed by atoms with van der Waals surface area (Å²) in [5, 5.41) is 7.27. The van der Waals surface area contributed by atoms with Gasteiger partial charge in [0.05, 0.1) is 6.04 Å². The fourth-order valence-electron chi connectivity index (χ4n) is 1.38. The molecule has 4 heteroatoms. The van der Waals surface area contributed by atoms with Crippen LogP contribution in [0.15, 0.2) is 12.1 Å². The molecule has 1 rings (SSSR count). The topological polar surface area (TPSA) is 24.1 Å². The molecule has 0 spiro atoms. The minimum Gasteiger partial charge on any atom is -0.363 e. The molecule has 0 aliphatic carbocycles. The molecule has 0 saturated heterocycles. The second-order valence-electron chi connectivity index (χ2n) is 3.92. The van der Waals surface area contributed by atoms with Gasteiger partial charge in [-0.25, -0.2) is 0 Å². The molecule has 0 amide bonds. The molecule has 0 fully saturated rings. The normalized spacial score (nSPS) is 12.2. The summed E-state index contributed by atoms with van der Waals surface area (Å²) in [5.41, 5.74) is 0. The second-order valence-corrected chi connectivity index (χ2v) is 5.65. The van der Waals surface area contributed by atoms with Crippen LogP contribution in [0.4, 0.5) is 0 Å². The number of unbranched alkanes of at least 4 members (excludes halogenated alkanes) is 1. The van der Waals surface area contributed by atoms with Crippen LogP contribution < -0.4 is 10.6 Å². The third-order valence-corrected chi connectivity index (χ3v) is 3.80. The van der Waals surface area contributed by atoms with E-state index in [-0.39, 0.29) is 0 Å². The Kier molecular flexibility index (Phi) is 5.77. The van der Waals surface area contributed by atoms with Gasteiger partial charge in [-0.05, 0) is 44.6 Å². The summed E-state index contributed by atoms with van der Waals surface area (Å²) >= 11 is 7.05. The van der Waals surface area contributed by atoms with Gasteiger partial charge in [0, 0.05) is 16.3 Å². The Labute approximate surface area is 107 Å². The summed E-state index contributed by atoms with van der Waals surface area (Å²) in [5.74, 6) is 0. The van der Waals surface area contributed by atoms with Gasteiger partial charge in [0.15, 0.2) is 5.11 Å². The number of nitrogens with one attached hydrogen (secondary N) is 2. The van der Waals surface area contributed by atoms with Gasteiger partial charge in [-0.3, -0.25) is 0 Å². The van der Waals surface area contributed by atoms with E-state index in [9.17, 15) is 0 Å². The first-order chi connectivity index (χ1) is 7.63. The highest BCUT2D eigenvalue weighted by molar-refractivity contribution is 7.80. The number of hydrogen-bond acceptors (Lipinski definition) is 2. The van der Waals surface area contributed by atoms with Gasteiger partial charge in [0.2, 0.25) is 0 Å². The molecule has 0 saturated carbocycles. The molecule has 2 N–H and O–H groups in total. The molecular formula is C12H20N2S2. The minimum absolute atomic E-state index is 0.292. The van der Waals surface area contributed by atoms with Crippen molar-refractivity contribution in [3.05, 3.63) is 21.9 Å². The summed E-state index contributed by atoms with van der Waals surface area (Å²) in [6.45, 7) is 7.39. The zero-order valence-corrected chi connectivity index (χ0v) is 11.8. The van der Waals surface area contributed by atoms with Crippen molar-refractivity contribution in [2.75, 3.05) is 6.54 Å². The highest BCUT2D eigenvalue weighted by Crippen LogP contribution is 2.21. The summed E-state index contributed by atoms with van der Waals surface area (Å²) < 4.78 is 0. The fourth-order valence-corrected chi connectivity index (χ4v) is 2.54. The first-order valence-corrected chi connectivity index (χ1v) is 6.96. The van der Waals surface area contributed by atoms with Gasteiger partial charge < -0.3 is 10.6 Å². The predicted octanol–water partition coefficient (Wildman–Crippen LogP) is 3.38. The van der Waals surface area contributed by atoms with Crippen LogP contribution in [-0.4, -0.2) is 11.7 Å². The summed E-state index contributed by atoms with van der Waals surface area (Å²) in [7, 11) is 0. The fraction of sp³-hybridized carbons (Fsp3) is 0.583. The maximum Gasteiger partial charge on any atom is 0.166 e. The monoisotopic (exact) mass is 256 g/mol. The van der Waals surface area contributed by atoms with E-state index in [0.29, 0.717) is 6.04 Å². The zero-order valence-electron chi connectivity index (χ0n) is 10.2. The zero-order chi connectivity index (χ0) is 12.0. The minimum atomic E-state index is 0.292. The molecule has 0 aliphatic rings. The molecular weight excluding hydrogens is 236 g/mol. The molecule has 0 aromatic carbocycles. The maximum atomic E-state index is 5.23. The van der Waals surface area contributed by atoms with Crippen molar-refractivity contribution in [1.82, 2.24) is 10.6 Å². The van der Waals surface area contributed by atoms with Gasteiger partial charge in [-0.2, -0.15) is 0 Å². The third kappa shape index (κ3) is 4.49. The average molecular weight is 256 g/mol. The Morgan fingerprint density at radius 3 is 2.81 bits per heavy atom. The SMILES string of the molecule is CCCCNC(=S)NC(C)c1ccc(C)s1. The highest BCUT2D eigenvalue weighted by atomic mass is 32.1. The average Bonchev–Trinajstić information content (AvgIpc) is 2.65. The van der Waals surface area contributed by atoms with Crippen LogP contribution in [0.3, 0.4) is 0 Å². The lowest BCUT2D eigenvalue weighted by Gasteiger charge is -2.15. The first-order valence-electron chi connectivity index (χ1n) is 5.74. The van der Waals surface area contributed by atoms with E-state index in [4.69, 9.17) is 12.2 Å². The smallest absolute Gasteiger partial charge is 0.166 e. The maximum absolute atomic E-state index is 5.23. The van der Waals surface area contributed by atoms with Crippen molar-refractivity contribution in [2.24, 2.45) is 0 Å². The molecule has 90 valence electrons. The summed E-state index contributed by atoms with van der Waals surface area (Å²) in [6, 6.07) is 4.60. The van der Waals surface area contributed by atoms with E-state index in [2.05, 4.69) is 43.5 Å². The van der Waals surface area contributed by atoms with Crippen LogP contribution in [-0.2, 0) is 0 Å². The van der Waals surface area contributed by atoms with E-state index >= 15 is 0 Å². The van der Waals surface area contributed by atoms with Crippen molar-refractivity contribution >= 4 is 28.7 Å². The van der Waals surface area contributed by atoms with Crippen molar-refractivity contribution in [2.45, 2.75) is 39.7 Å². The van der Waals surface area contributed by atoms with E-state index in [0.717, 1.165) is 18.1 Å². The van der Waals surface area contributed by atoms with Gasteiger partial charge in [-0.15, -0.1) is 11.3 Å². The lowest BCUT2D eigenvalue weighted by atomic mass is 10.3. The lowest BCUT2D eigenvalue weighted by molar-refractivity contribution is 0.691. The molecule has 1 unspecified atom stereocenters. The molecule has 0 radical (unpaired) electrons. The first kappa shape index (κ1) is 13.5. The standard InChI is InChI=1S/C12H20N2S2/c1-4-5-8-13-12(15)14-10(3)11-7-6-9(2)16-11/h6-7,10H,4-5,8H2,1-3H3,(H2,13,14,15). The predicted molar refractivity (Wildman–Crippen MR) is 76.1 cm³/mol. The number of hydrogen-bond donors (Lipinski definition) is 2. The largest absolute Gasteiger partial charge is 0.363 e. The number of thiophene rings is 1. The van der Waals surface area contributed by atoms with Crippen LogP contribution in [0.1, 0.15) is 42.5 Å². The molecule has 0 aliphatic heterocycles. The highest BCUT2D eigenvalue weighted by Gasteiger charge is 2.08. The Morgan fingerprint density at radius 2 is 2.25 bits per heavy atom. The summed E-state index contributed by atoms with van der Waals surface area (Å²) in [6.07, 6.45) is 2.35. The van der Waals surface area contributed by atoms with Crippen LogP contribution in [0.5, 0.6) is 0 Å². The van der Waals surface area contributed by atoms with Crippen LogP contribution in [0, 0.1) is 6.92 Å². The van der Waals surface area contributed by atoms with Crippen molar-refractivity contribution in [3.8, 4) is 0 Å². The van der Waals surface area contributed by atoms with E-state index in [1.54, 1.807) is 0 Å². The van der Waals surface area contributed by atoms with Gasteiger partial charge in [-0.1, -0.05) is 13.3 Å². The molecule has 16 heavy (non-hydrogen) atoms. The van der Waals surface area contributed by atoms with Crippen molar-refractivity contribution in [3.63, 3.8) is 0 Å². The van der Waals surface area contributed by atoms with Gasteiger partial charge in [0.1, 0.15) is 0 Å². The second kappa shape index (κ2) is 6.86. The van der Waals surface area contributed by atoms with E-state index in [1.807, 2.05) is 11.3 Å². The van der Waals surface area contributed by atoms with E-state index in [1.165, 1.54) is 16.2 Å². The van der Waals surface area contributed by atoms with Gasteiger partial charge in [0.25, 0.3) is 0 Å². The van der Waals surface area contributed by atoms with Gasteiger partial charge >= 0.3 is 0 Å². The summed E-state index contributed by atoms with van der Waals surface area (Å²) in [4.78, 5) is 2.67. The Morgan fingerprint density at radius 1 is 1.50 bits per heavy atom. The number of aryl methyl sites for hydroxylation is 1. The van der Waals surface area contributed by atoms with Crippen LogP contribution >= 0.6 is 23.6 Å². The Balaban J connectivity index is 2.33. The molecule has 1 aromatic heterocycles. The van der Waals surface area contributed by atoms with E-state index < -0.39 is 0 Å². The lowest BCUT2D eigenvalue weighted by Crippen LogP contribution is -2.36. The Hall–Kier alpha value is -0.610. The molecule has 1 aromatic rings. The molecule has 0 bridgehead atoms. The Bertz CT molecular complexity index is 334. The molecule has 2 nitrogen and oxygen atoms in total. The number of thiocarbonyl (C=S) groups is 1. The molecule has 1 heterocycles. The van der Waals surface area contributed by atoms with Crippen LogP contribution in [0.25, 0.3) is 0 Å². The quantitative estimate of drug-likeness (QED) is 0.624. The molecule has 1 atom stereocenters. The van der Waals surface area contributed by atoms with Crippen molar-refractivity contribution < 1.29 is 0 Å². The third-order valence-electron chi connectivity index (χ3n) is 2.35. The van der Waals surface area contributed by atoms with Crippen molar-refractivity contribution in [1.29, 1.82) is 0 Å². The number of rotatable bonds is 5.